The number of hydrogen-bond donors (Lipinski definition) is 1. The van der Waals surface area contributed by atoms with Gasteiger partial charge in [-0.2, -0.15) is 0 Å². The summed E-state index contributed by atoms with van der Waals surface area (Å²) in [5, 5.41) is 3.26. The number of aryl methyl sites for hydroxylation is 1. The van der Waals surface area contributed by atoms with Crippen molar-refractivity contribution < 1.29 is 4.74 Å². The van der Waals surface area contributed by atoms with Gasteiger partial charge in [0.15, 0.2) is 5.82 Å². The van der Waals surface area contributed by atoms with Crippen molar-refractivity contribution in [3.05, 3.63) is 23.3 Å². The van der Waals surface area contributed by atoms with Crippen LogP contribution in [0.2, 0.25) is 0 Å². The van der Waals surface area contributed by atoms with Gasteiger partial charge in [0.1, 0.15) is 6.10 Å². The van der Waals surface area contributed by atoms with E-state index in [-0.39, 0.29) is 6.10 Å². The lowest BCUT2D eigenvalue weighted by Gasteiger charge is -2.13. The van der Waals surface area contributed by atoms with E-state index in [1.807, 2.05) is 13.0 Å². The molecule has 1 aromatic rings. The van der Waals surface area contributed by atoms with E-state index in [0.717, 1.165) is 36.7 Å². The lowest BCUT2D eigenvalue weighted by Crippen LogP contribution is -2.15. The van der Waals surface area contributed by atoms with Gasteiger partial charge in [0.25, 0.3) is 0 Å². The van der Waals surface area contributed by atoms with Crippen LogP contribution in [0.25, 0.3) is 0 Å². The molecule has 16 heavy (non-hydrogen) atoms. The van der Waals surface area contributed by atoms with Crippen molar-refractivity contribution in [1.29, 1.82) is 0 Å². The average molecular weight is 223 g/mol. The number of ether oxygens (including phenoxy) is 1. The van der Waals surface area contributed by atoms with Gasteiger partial charge in [-0.3, -0.25) is 0 Å². The van der Waals surface area contributed by atoms with Crippen molar-refractivity contribution in [3.8, 4) is 0 Å². The molecule has 4 nitrogen and oxygen atoms in total. The second-order valence-electron chi connectivity index (χ2n) is 3.77. The first-order chi connectivity index (χ1) is 7.71. The smallest absolute Gasteiger partial charge is 0.157 e. The monoisotopic (exact) mass is 223 g/mol. The fourth-order valence-electron chi connectivity index (χ4n) is 1.60. The maximum absolute atomic E-state index is 5.35. The Morgan fingerprint density at radius 1 is 1.38 bits per heavy atom. The number of nitrogens with one attached hydrogen (secondary N) is 1. The molecule has 1 atom stereocenters. The third-order valence-electron chi connectivity index (χ3n) is 2.42. The minimum Gasteiger partial charge on any atom is -0.373 e. The largest absolute Gasteiger partial charge is 0.373 e. The van der Waals surface area contributed by atoms with Crippen molar-refractivity contribution in [3.63, 3.8) is 0 Å². The molecule has 1 heterocycles. The Bertz CT molecular complexity index is 324. The van der Waals surface area contributed by atoms with E-state index >= 15 is 0 Å². The average Bonchev–Trinajstić information content (AvgIpc) is 2.27. The highest BCUT2D eigenvalue weighted by molar-refractivity contribution is 5.11. The zero-order valence-electron chi connectivity index (χ0n) is 10.6. The highest BCUT2D eigenvalue weighted by atomic mass is 16.5. The SMILES string of the molecule is CCNCc1cc(C)nc(C(CC)OC)n1. The van der Waals surface area contributed by atoms with Gasteiger partial charge < -0.3 is 10.1 Å². The zero-order valence-corrected chi connectivity index (χ0v) is 10.6. The van der Waals surface area contributed by atoms with Gasteiger partial charge in [0.2, 0.25) is 0 Å². The van der Waals surface area contributed by atoms with Crippen LogP contribution < -0.4 is 5.32 Å². The van der Waals surface area contributed by atoms with Crippen LogP contribution in [0, 0.1) is 6.92 Å². The Labute approximate surface area is 97.5 Å². The molecule has 1 N–H and O–H groups in total. The summed E-state index contributed by atoms with van der Waals surface area (Å²) >= 11 is 0. The van der Waals surface area contributed by atoms with Crippen LogP contribution in [-0.2, 0) is 11.3 Å². The van der Waals surface area contributed by atoms with Gasteiger partial charge in [0.05, 0.1) is 5.69 Å². The molecule has 1 unspecified atom stereocenters. The molecule has 0 aliphatic carbocycles. The molecule has 1 rings (SSSR count). The van der Waals surface area contributed by atoms with Crippen molar-refractivity contribution in [1.82, 2.24) is 15.3 Å². The first-order valence-electron chi connectivity index (χ1n) is 5.79. The van der Waals surface area contributed by atoms with Gasteiger partial charge in [-0.15, -0.1) is 0 Å². The Kier molecular flexibility index (Phi) is 5.35. The lowest BCUT2D eigenvalue weighted by molar-refractivity contribution is 0.0922. The topological polar surface area (TPSA) is 47.0 Å². The Morgan fingerprint density at radius 3 is 2.69 bits per heavy atom. The summed E-state index contributed by atoms with van der Waals surface area (Å²) in [7, 11) is 1.70. The van der Waals surface area contributed by atoms with E-state index < -0.39 is 0 Å². The number of rotatable bonds is 6. The van der Waals surface area contributed by atoms with E-state index in [1.165, 1.54) is 0 Å². The van der Waals surface area contributed by atoms with Crippen molar-refractivity contribution in [2.75, 3.05) is 13.7 Å². The Balaban J connectivity index is 2.88. The molecule has 0 aliphatic heterocycles. The highest BCUT2D eigenvalue weighted by Gasteiger charge is 2.12. The quantitative estimate of drug-likeness (QED) is 0.801. The molecule has 0 radical (unpaired) electrons. The van der Waals surface area contributed by atoms with E-state index in [2.05, 4.69) is 29.1 Å². The van der Waals surface area contributed by atoms with E-state index in [0.29, 0.717) is 0 Å². The van der Waals surface area contributed by atoms with E-state index in [4.69, 9.17) is 4.74 Å². The number of methoxy groups -OCH3 is 1. The summed E-state index contributed by atoms with van der Waals surface area (Å²) in [5.41, 5.74) is 2.02. The summed E-state index contributed by atoms with van der Waals surface area (Å²) in [5.74, 6) is 0.790. The zero-order chi connectivity index (χ0) is 12.0. The van der Waals surface area contributed by atoms with Crippen LogP contribution in [-0.4, -0.2) is 23.6 Å². The summed E-state index contributed by atoms with van der Waals surface area (Å²) in [6, 6.07) is 2.01. The summed E-state index contributed by atoms with van der Waals surface area (Å²) < 4.78 is 5.35. The molecule has 0 saturated carbocycles. The number of nitrogens with zero attached hydrogens (tertiary/aromatic N) is 2. The Hall–Kier alpha value is -1.00. The minimum absolute atomic E-state index is 0.000256. The molecule has 0 aliphatic rings. The predicted molar refractivity (Wildman–Crippen MR) is 64.2 cm³/mol. The molecule has 90 valence electrons. The number of hydrogen-bond acceptors (Lipinski definition) is 4. The van der Waals surface area contributed by atoms with Gasteiger partial charge in [0, 0.05) is 19.3 Å². The Morgan fingerprint density at radius 2 is 2.12 bits per heavy atom. The van der Waals surface area contributed by atoms with Crippen LogP contribution in [0.15, 0.2) is 6.07 Å². The maximum Gasteiger partial charge on any atom is 0.157 e. The lowest BCUT2D eigenvalue weighted by atomic mass is 10.2. The molecule has 4 heteroatoms. The number of aromatic nitrogens is 2. The summed E-state index contributed by atoms with van der Waals surface area (Å²) in [6.45, 7) is 7.87. The summed E-state index contributed by atoms with van der Waals surface area (Å²) in [6.07, 6.45) is 0.890. The fourth-order valence-corrected chi connectivity index (χ4v) is 1.60. The molecular weight excluding hydrogens is 202 g/mol. The molecule has 0 amide bonds. The third kappa shape index (κ3) is 3.54. The minimum atomic E-state index is 0.000256. The molecule has 1 aromatic heterocycles. The normalized spacial score (nSPS) is 12.8. The van der Waals surface area contributed by atoms with Crippen molar-refractivity contribution in [2.45, 2.75) is 39.8 Å². The van der Waals surface area contributed by atoms with Gasteiger partial charge in [-0.05, 0) is 26.0 Å². The molecule has 0 saturated heterocycles. The van der Waals surface area contributed by atoms with E-state index in [9.17, 15) is 0 Å². The van der Waals surface area contributed by atoms with Crippen LogP contribution in [0.3, 0.4) is 0 Å². The van der Waals surface area contributed by atoms with Crippen LogP contribution in [0.4, 0.5) is 0 Å². The second-order valence-corrected chi connectivity index (χ2v) is 3.77. The highest BCUT2D eigenvalue weighted by Crippen LogP contribution is 2.16. The van der Waals surface area contributed by atoms with Gasteiger partial charge >= 0.3 is 0 Å². The fraction of sp³-hybridized carbons (Fsp3) is 0.667. The second kappa shape index (κ2) is 6.55. The molecule has 0 aromatic carbocycles. The third-order valence-corrected chi connectivity index (χ3v) is 2.42. The van der Waals surface area contributed by atoms with Crippen LogP contribution in [0.1, 0.15) is 43.6 Å². The van der Waals surface area contributed by atoms with Crippen LogP contribution >= 0.6 is 0 Å². The standard InChI is InChI=1S/C12H21N3O/c1-5-11(16-4)12-14-9(3)7-10(15-12)8-13-6-2/h7,11,13H,5-6,8H2,1-4H3. The molecule has 0 bridgehead atoms. The first-order valence-corrected chi connectivity index (χ1v) is 5.79. The maximum atomic E-state index is 5.35. The van der Waals surface area contributed by atoms with Gasteiger partial charge in [-0.25, -0.2) is 9.97 Å². The molecule has 0 fully saturated rings. The van der Waals surface area contributed by atoms with Crippen LogP contribution in [0.5, 0.6) is 0 Å². The summed E-state index contributed by atoms with van der Waals surface area (Å²) in [4.78, 5) is 8.93. The van der Waals surface area contributed by atoms with E-state index in [1.54, 1.807) is 7.11 Å². The van der Waals surface area contributed by atoms with Gasteiger partial charge in [-0.1, -0.05) is 13.8 Å². The molecular formula is C12H21N3O. The predicted octanol–water partition coefficient (Wildman–Crippen LogP) is 1.99. The first kappa shape index (κ1) is 13.1. The van der Waals surface area contributed by atoms with Crippen molar-refractivity contribution in [2.24, 2.45) is 0 Å². The van der Waals surface area contributed by atoms with Crippen molar-refractivity contribution >= 4 is 0 Å². The molecule has 0 spiro atoms.